The SMILES string of the molecule is C=Cc1ccc2c(ccc3cc(-c4ccc(C(C)(/C=C(\N=C)c5ccc(-c6ccc(NC)c(N(C)O)c6)cc5)c5ccccc5)cc4)ccc32)c1C=C. The number of allylic oxidation sites excluding steroid dienone is 1. The van der Waals surface area contributed by atoms with Gasteiger partial charge < -0.3 is 5.32 Å². The summed E-state index contributed by atoms with van der Waals surface area (Å²) in [7, 11) is 3.46. The smallest absolute Gasteiger partial charge is 0.0868 e. The zero-order valence-electron chi connectivity index (χ0n) is 30.5. The fourth-order valence-electron chi connectivity index (χ4n) is 7.42. The number of fused-ring (bicyclic) bond motifs is 3. The van der Waals surface area contributed by atoms with Gasteiger partial charge in [-0.15, -0.1) is 0 Å². The zero-order valence-corrected chi connectivity index (χ0v) is 30.5. The Kier molecular flexibility index (Phi) is 9.64. The van der Waals surface area contributed by atoms with Gasteiger partial charge >= 0.3 is 0 Å². The number of nitrogens with zero attached hydrogens (tertiary/aromatic N) is 2. The molecule has 1 atom stereocenters. The number of hydrogen-bond acceptors (Lipinski definition) is 4. The van der Waals surface area contributed by atoms with Crippen molar-refractivity contribution in [3.63, 3.8) is 0 Å². The van der Waals surface area contributed by atoms with Crippen molar-refractivity contribution in [2.24, 2.45) is 4.99 Å². The van der Waals surface area contributed by atoms with Gasteiger partial charge in [0.05, 0.1) is 17.1 Å². The molecule has 4 nitrogen and oxygen atoms in total. The summed E-state index contributed by atoms with van der Waals surface area (Å²) in [4.78, 5) is 4.55. The van der Waals surface area contributed by atoms with Crippen molar-refractivity contribution in [1.82, 2.24) is 0 Å². The maximum Gasteiger partial charge on any atom is 0.0868 e. The highest BCUT2D eigenvalue weighted by atomic mass is 16.5. The third-order valence-electron chi connectivity index (χ3n) is 10.4. The van der Waals surface area contributed by atoms with Crippen LogP contribution in [0.15, 0.2) is 164 Å². The van der Waals surface area contributed by atoms with Crippen molar-refractivity contribution in [2.75, 3.05) is 24.5 Å². The molecule has 0 saturated heterocycles. The van der Waals surface area contributed by atoms with E-state index >= 15 is 0 Å². The largest absolute Gasteiger partial charge is 0.386 e. The van der Waals surface area contributed by atoms with Gasteiger partial charge in [-0.3, -0.25) is 15.3 Å². The normalized spacial score (nSPS) is 12.6. The molecule has 2 N–H and O–H groups in total. The summed E-state index contributed by atoms with van der Waals surface area (Å²) in [5, 5.41) is 19.3. The third kappa shape index (κ3) is 6.57. The number of aliphatic imine (C=N–C) groups is 1. The first-order valence-electron chi connectivity index (χ1n) is 17.7. The minimum Gasteiger partial charge on any atom is -0.386 e. The molecule has 7 aromatic carbocycles. The minimum absolute atomic E-state index is 0.492. The Hall–Kier alpha value is -6.49. The standard InChI is InChI=1S/C49H43N3O/c1-7-33-20-27-45-43-26-21-37(30-39(43)22-28-44(45)42(33)8-2)35-18-24-41(25-19-35)49(3,40-12-10-9-11-13-40)32-47(51-5)36-16-14-34(15-17-36)38-23-29-46(50-4)48(31-38)52(6)53/h7-32,50,53H,1-2,5H2,3-4,6H3/b47-32-. The fourth-order valence-corrected chi connectivity index (χ4v) is 7.42. The van der Waals surface area contributed by atoms with Crippen molar-refractivity contribution in [2.45, 2.75) is 12.3 Å². The second-order valence-electron chi connectivity index (χ2n) is 13.5. The molecule has 0 spiro atoms. The Morgan fingerprint density at radius 2 is 1.28 bits per heavy atom. The first-order valence-corrected chi connectivity index (χ1v) is 17.7. The maximum atomic E-state index is 10.2. The lowest BCUT2D eigenvalue weighted by Crippen LogP contribution is -2.21. The number of benzene rings is 7. The highest BCUT2D eigenvalue weighted by molar-refractivity contribution is 6.11. The van der Waals surface area contributed by atoms with Crippen LogP contribution < -0.4 is 10.4 Å². The lowest BCUT2D eigenvalue weighted by Gasteiger charge is -2.29. The summed E-state index contributed by atoms with van der Waals surface area (Å²) < 4.78 is 0. The topological polar surface area (TPSA) is 47.9 Å². The number of hydroxylamine groups is 1. The van der Waals surface area contributed by atoms with E-state index in [4.69, 9.17) is 0 Å². The summed E-state index contributed by atoms with van der Waals surface area (Å²) in [6.07, 6.45) is 6.02. The molecule has 4 heteroatoms. The molecule has 0 radical (unpaired) electrons. The van der Waals surface area contributed by atoms with E-state index in [0.717, 1.165) is 61.0 Å². The van der Waals surface area contributed by atoms with Crippen molar-refractivity contribution in [3.8, 4) is 22.3 Å². The molecule has 0 aromatic heterocycles. The zero-order chi connectivity index (χ0) is 37.1. The molecule has 0 heterocycles. The average molecular weight is 690 g/mol. The van der Waals surface area contributed by atoms with Crippen LogP contribution in [0.2, 0.25) is 0 Å². The summed E-state index contributed by atoms with van der Waals surface area (Å²) in [6, 6.07) is 49.2. The van der Waals surface area contributed by atoms with E-state index in [1.54, 1.807) is 7.05 Å². The van der Waals surface area contributed by atoms with Gasteiger partial charge in [0, 0.05) is 19.5 Å². The van der Waals surface area contributed by atoms with Crippen LogP contribution in [0.5, 0.6) is 0 Å². The molecule has 1 unspecified atom stereocenters. The van der Waals surface area contributed by atoms with Gasteiger partial charge in [0.15, 0.2) is 0 Å². The molecule has 0 fully saturated rings. The molecule has 0 bridgehead atoms. The average Bonchev–Trinajstić information content (AvgIpc) is 3.22. The van der Waals surface area contributed by atoms with Crippen LogP contribution in [0.25, 0.3) is 61.6 Å². The number of anilines is 2. The quantitative estimate of drug-likeness (QED) is 0.0807. The van der Waals surface area contributed by atoms with E-state index in [9.17, 15) is 5.21 Å². The van der Waals surface area contributed by atoms with Crippen LogP contribution in [-0.4, -0.2) is 26.0 Å². The van der Waals surface area contributed by atoms with Crippen LogP contribution in [0.4, 0.5) is 11.4 Å². The van der Waals surface area contributed by atoms with E-state index in [1.165, 1.54) is 27.1 Å². The van der Waals surface area contributed by atoms with E-state index in [2.05, 4.69) is 158 Å². The molecule has 0 aliphatic carbocycles. The summed E-state index contributed by atoms with van der Waals surface area (Å²) in [5.74, 6) is 0. The monoisotopic (exact) mass is 689 g/mol. The highest BCUT2D eigenvalue weighted by Crippen LogP contribution is 2.39. The Bertz CT molecular complexity index is 2510. The van der Waals surface area contributed by atoms with E-state index in [-0.39, 0.29) is 0 Å². The van der Waals surface area contributed by atoms with Crippen LogP contribution >= 0.6 is 0 Å². The summed E-state index contributed by atoms with van der Waals surface area (Å²) >= 11 is 0. The molecule has 53 heavy (non-hydrogen) atoms. The Morgan fingerprint density at radius 3 is 1.92 bits per heavy atom. The molecule has 0 aliphatic heterocycles. The van der Waals surface area contributed by atoms with Gasteiger partial charge in [-0.25, -0.2) is 0 Å². The van der Waals surface area contributed by atoms with Crippen molar-refractivity contribution in [3.05, 3.63) is 187 Å². The van der Waals surface area contributed by atoms with E-state index in [0.29, 0.717) is 5.69 Å². The highest BCUT2D eigenvalue weighted by Gasteiger charge is 2.28. The molecular formula is C49H43N3O. The van der Waals surface area contributed by atoms with Gasteiger partial charge in [0.1, 0.15) is 0 Å². The Morgan fingerprint density at radius 1 is 0.679 bits per heavy atom. The first kappa shape index (κ1) is 34.9. The van der Waals surface area contributed by atoms with Crippen molar-refractivity contribution < 1.29 is 5.21 Å². The van der Waals surface area contributed by atoms with Crippen molar-refractivity contribution in [1.29, 1.82) is 0 Å². The first-order chi connectivity index (χ1) is 25.8. The Labute approximate surface area is 312 Å². The Balaban J connectivity index is 1.23. The third-order valence-corrected chi connectivity index (χ3v) is 10.4. The van der Waals surface area contributed by atoms with E-state index < -0.39 is 5.41 Å². The van der Waals surface area contributed by atoms with Crippen LogP contribution in [0.3, 0.4) is 0 Å². The number of rotatable bonds is 11. The summed E-state index contributed by atoms with van der Waals surface area (Å²) in [5.41, 5.74) is 11.7. The van der Waals surface area contributed by atoms with Gasteiger partial charge in [0.25, 0.3) is 0 Å². The van der Waals surface area contributed by atoms with Crippen LogP contribution in [0.1, 0.15) is 34.7 Å². The molecular weight excluding hydrogens is 647 g/mol. The number of hydrogen-bond donors (Lipinski definition) is 2. The minimum atomic E-state index is -0.492. The predicted molar refractivity (Wildman–Crippen MR) is 229 cm³/mol. The lowest BCUT2D eigenvalue weighted by molar-refractivity contribution is 0.280. The molecule has 7 rings (SSSR count). The molecule has 0 aliphatic rings. The molecule has 7 aromatic rings. The predicted octanol–water partition coefficient (Wildman–Crippen LogP) is 12.5. The molecule has 260 valence electrons. The number of nitrogens with one attached hydrogen (secondary N) is 1. The van der Waals surface area contributed by atoms with E-state index in [1.807, 2.05) is 43.5 Å². The molecule has 0 saturated carbocycles. The van der Waals surface area contributed by atoms with Crippen LogP contribution in [-0.2, 0) is 5.41 Å². The second kappa shape index (κ2) is 14.6. The molecule has 0 amide bonds. The summed E-state index contributed by atoms with van der Waals surface area (Å²) in [6.45, 7) is 14.3. The maximum absolute atomic E-state index is 10.2. The fraction of sp³-hybridized carbons (Fsp3) is 0.0816. The van der Waals surface area contributed by atoms with Gasteiger partial charge in [-0.2, -0.15) is 0 Å². The second-order valence-corrected chi connectivity index (χ2v) is 13.5. The van der Waals surface area contributed by atoms with Gasteiger partial charge in [0.2, 0.25) is 0 Å². The van der Waals surface area contributed by atoms with Crippen LogP contribution in [0, 0.1) is 0 Å². The van der Waals surface area contributed by atoms with Gasteiger partial charge in [-0.05, 0) is 110 Å². The van der Waals surface area contributed by atoms with Gasteiger partial charge in [-0.1, -0.05) is 147 Å². The van der Waals surface area contributed by atoms with Crippen molar-refractivity contribution >= 4 is 57.5 Å². The lowest BCUT2D eigenvalue weighted by atomic mass is 9.75.